The molecule has 1 unspecified atom stereocenters. The summed E-state index contributed by atoms with van der Waals surface area (Å²) in [6, 6.07) is 8.24. The number of fused-ring (bicyclic) bond motifs is 2. The standard InChI is InChI=1S/C19H22ClN5O/c1-4-14-10-24-17(11-23(14)15-7-5-13(20)6-8-15)22-18-16(19(24)26)9-21-25(18)12(2)3/h5-9,12,14H,4,10-11H2,1-3H3. The second-order valence-corrected chi connectivity index (χ2v) is 7.47. The van der Waals surface area contributed by atoms with Gasteiger partial charge in [0.05, 0.1) is 12.7 Å². The largest absolute Gasteiger partial charge is 0.359 e. The summed E-state index contributed by atoms with van der Waals surface area (Å²) in [7, 11) is 0. The van der Waals surface area contributed by atoms with Crippen molar-refractivity contribution in [1.29, 1.82) is 0 Å². The lowest BCUT2D eigenvalue weighted by atomic mass is 10.1. The first kappa shape index (κ1) is 17.1. The quantitative estimate of drug-likeness (QED) is 0.705. The number of aromatic nitrogens is 4. The van der Waals surface area contributed by atoms with E-state index in [4.69, 9.17) is 16.6 Å². The lowest BCUT2D eigenvalue weighted by Gasteiger charge is -2.38. The summed E-state index contributed by atoms with van der Waals surface area (Å²) >= 11 is 6.04. The van der Waals surface area contributed by atoms with Crippen molar-refractivity contribution in [3.63, 3.8) is 0 Å². The van der Waals surface area contributed by atoms with Gasteiger partial charge in [-0.2, -0.15) is 5.10 Å². The van der Waals surface area contributed by atoms with Gasteiger partial charge in [0.15, 0.2) is 5.65 Å². The molecule has 0 aliphatic carbocycles. The Labute approximate surface area is 157 Å². The molecule has 6 nitrogen and oxygen atoms in total. The number of rotatable bonds is 3. The van der Waals surface area contributed by atoms with Crippen molar-refractivity contribution in [3.8, 4) is 0 Å². The van der Waals surface area contributed by atoms with Gasteiger partial charge in [-0.3, -0.25) is 9.36 Å². The van der Waals surface area contributed by atoms with Crippen LogP contribution in [0.25, 0.3) is 11.0 Å². The van der Waals surface area contributed by atoms with E-state index in [0.717, 1.165) is 23.0 Å². The Balaban J connectivity index is 1.84. The third-order valence-corrected chi connectivity index (χ3v) is 5.31. The second kappa shape index (κ2) is 6.43. The van der Waals surface area contributed by atoms with Crippen molar-refractivity contribution in [3.05, 3.63) is 51.7 Å². The van der Waals surface area contributed by atoms with Crippen molar-refractivity contribution in [1.82, 2.24) is 19.3 Å². The van der Waals surface area contributed by atoms with Crippen LogP contribution in [0.15, 0.2) is 35.3 Å². The molecule has 1 aliphatic heterocycles. The number of benzene rings is 1. The maximum Gasteiger partial charge on any atom is 0.264 e. The van der Waals surface area contributed by atoms with E-state index in [0.29, 0.717) is 24.1 Å². The average molecular weight is 372 g/mol. The van der Waals surface area contributed by atoms with Gasteiger partial charge in [0.25, 0.3) is 5.56 Å². The highest BCUT2D eigenvalue weighted by molar-refractivity contribution is 6.30. The molecule has 0 bridgehead atoms. The molecule has 26 heavy (non-hydrogen) atoms. The molecule has 0 saturated heterocycles. The Morgan fingerprint density at radius 3 is 2.65 bits per heavy atom. The van der Waals surface area contributed by atoms with Gasteiger partial charge in [0.2, 0.25) is 0 Å². The smallest absolute Gasteiger partial charge is 0.264 e. The van der Waals surface area contributed by atoms with E-state index < -0.39 is 0 Å². The average Bonchev–Trinajstić information content (AvgIpc) is 3.06. The Morgan fingerprint density at radius 2 is 2.00 bits per heavy atom. The van der Waals surface area contributed by atoms with E-state index >= 15 is 0 Å². The Bertz CT molecular complexity index is 1010. The van der Waals surface area contributed by atoms with Gasteiger partial charge in [0.1, 0.15) is 11.2 Å². The normalized spacial score (nSPS) is 17.1. The molecule has 0 spiro atoms. The van der Waals surface area contributed by atoms with Crippen molar-refractivity contribution < 1.29 is 0 Å². The van der Waals surface area contributed by atoms with Gasteiger partial charge >= 0.3 is 0 Å². The third-order valence-electron chi connectivity index (χ3n) is 5.06. The summed E-state index contributed by atoms with van der Waals surface area (Å²) in [6.07, 6.45) is 2.59. The first-order valence-electron chi connectivity index (χ1n) is 8.98. The van der Waals surface area contributed by atoms with Crippen molar-refractivity contribution in [2.45, 2.75) is 52.4 Å². The topological polar surface area (TPSA) is 56.0 Å². The molecule has 0 saturated carbocycles. The van der Waals surface area contributed by atoms with Crippen molar-refractivity contribution in [2.24, 2.45) is 0 Å². The predicted octanol–water partition coefficient (Wildman–Crippen LogP) is 3.63. The van der Waals surface area contributed by atoms with Crippen LogP contribution in [0.1, 0.15) is 39.1 Å². The van der Waals surface area contributed by atoms with Gasteiger partial charge in [-0.1, -0.05) is 18.5 Å². The molecule has 0 fully saturated rings. The predicted molar refractivity (Wildman–Crippen MR) is 104 cm³/mol. The van der Waals surface area contributed by atoms with E-state index in [1.54, 1.807) is 6.20 Å². The molecular weight excluding hydrogens is 350 g/mol. The van der Waals surface area contributed by atoms with E-state index in [2.05, 4.69) is 16.9 Å². The highest BCUT2D eigenvalue weighted by Crippen LogP contribution is 2.27. The van der Waals surface area contributed by atoms with E-state index in [-0.39, 0.29) is 17.6 Å². The monoisotopic (exact) mass is 371 g/mol. The second-order valence-electron chi connectivity index (χ2n) is 7.03. The summed E-state index contributed by atoms with van der Waals surface area (Å²) < 4.78 is 3.63. The van der Waals surface area contributed by atoms with Crippen LogP contribution in [-0.4, -0.2) is 25.4 Å². The summed E-state index contributed by atoms with van der Waals surface area (Å²) in [4.78, 5) is 20.1. The van der Waals surface area contributed by atoms with Crippen LogP contribution in [-0.2, 0) is 13.1 Å². The third kappa shape index (κ3) is 2.69. The lowest BCUT2D eigenvalue weighted by Crippen LogP contribution is -2.47. The number of halogens is 1. The molecule has 0 N–H and O–H groups in total. The minimum absolute atomic E-state index is 0.00565. The fourth-order valence-electron chi connectivity index (χ4n) is 3.63. The summed E-state index contributed by atoms with van der Waals surface area (Å²) in [5.41, 5.74) is 1.77. The fraction of sp³-hybridized carbons (Fsp3) is 0.421. The molecule has 7 heteroatoms. The van der Waals surface area contributed by atoms with Crippen molar-refractivity contribution in [2.75, 3.05) is 4.90 Å². The van der Waals surface area contributed by atoms with Crippen LogP contribution in [0.5, 0.6) is 0 Å². The summed E-state index contributed by atoms with van der Waals surface area (Å²) in [5, 5.41) is 5.68. The van der Waals surface area contributed by atoms with Crippen LogP contribution in [0.2, 0.25) is 5.02 Å². The van der Waals surface area contributed by atoms with Crippen LogP contribution in [0.3, 0.4) is 0 Å². The zero-order valence-electron chi connectivity index (χ0n) is 15.2. The highest BCUT2D eigenvalue weighted by Gasteiger charge is 2.28. The minimum atomic E-state index is 0.00565. The number of anilines is 1. The van der Waals surface area contributed by atoms with Gasteiger partial charge < -0.3 is 4.90 Å². The lowest BCUT2D eigenvalue weighted by molar-refractivity contribution is 0.419. The Hall–Kier alpha value is -2.34. The van der Waals surface area contributed by atoms with E-state index in [1.165, 1.54) is 0 Å². The maximum atomic E-state index is 13.0. The number of hydrogen-bond acceptors (Lipinski definition) is 4. The summed E-state index contributed by atoms with van der Waals surface area (Å²) in [6.45, 7) is 7.45. The molecule has 3 heterocycles. The maximum absolute atomic E-state index is 13.0. The van der Waals surface area contributed by atoms with Gasteiger partial charge in [-0.25, -0.2) is 9.67 Å². The molecule has 0 amide bonds. The minimum Gasteiger partial charge on any atom is -0.359 e. The SMILES string of the molecule is CCC1Cn2c(nc3c(cnn3C(C)C)c2=O)CN1c1ccc(Cl)cc1. The van der Waals surface area contributed by atoms with E-state index in [1.807, 2.05) is 47.4 Å². The molecule has 3 aromatic rings. The van der Waals surface area contributed by atoms with Gasteiger partial charge in [0, 0.05) is 29.3 Å². The zero-order chi connectivity index (χ0) is 18.4. The molecular formula is C19H22ClN5O. The van der Waals surface area contributed by atoms with E-state index in [9.17, 15) is 4.79 Å². The molecule has 136 valence electrons. The van der Waals surface area contributed by atoms with Gasteiger partial charge in [-0.05, 0) is 44.5 Å². The molecule has 2 aromatic heterocycles. The zero-order valence-corrected chi connectivity index (χ0v) is 15.9. The number of nitrogens with zero attached hydrogens (tertiary/aromatic N) is 5. The molecule has 4 rings (SSSR count). The highest BCUT2D eigenvalue weighted by atomic mass is 35.5. The first-order valence-corrected chi connectivity index (χ1v) is 9.36. The van der Waals surface area contributed by atoms with Gasteiger partial charge in [-0.15, -0.1) is 0 Å². The summed E-state index contributed by atoms with van der Waals surface area (Å²) in [5.74, 6) is 0.782. The van der Waals surface area contributed by atoms with Crippen LogP contribution in [0.4, 0.5) is 5.69 Å². The molecule has 0 radical (unpaired) electrons. The molecule has 1 aliphatic rings. The molecule has 1 aromatic carbocycles. The van der Waals surface area contributed by atoms with Crippen LogP contribution in [0, 0.1) is 0 Å². The fourth-order valence-corrected chi connectivity index (χ4v) is 3.75. The number of hydrogen-bond donors (Lipinski definition) is 0. The van der Waals surface area contributed by atoms with Crippen LogP contribution >= 0.6 is 11.6 Å². The molecule has 1 atom stereocenters. The Morgan fingerprint density at radius 1 is 1.27 bits per heavy atom. The Kier molecular flexibility index (Phi) is 4.23. The van der Waals surface area contributed by atoms with Crippen molar-refractivity contribution >= 4 is 28.3 Å². The first-order chi connectivity index (χ1) is 12.5. The van der Waals surface area contributed by atoms with Crippen LogP contribution < -0.4 is 10.5 Å².